The van der Waals surface area contributed by atoms with E-state index in [1.807, 2.05) is 0 Å². The molecular formula is C11H20N2O. The molecule has 80 valence electrons. The molecule has 0 radical (unpaired) electrons. The molecule has 2 N–H and O–H groups in total. The van der Waals surface area contributed by atoms with E-state index in [1.165, 1.54) is 0 Å². The number of nitriles is 1. The molecule has 0 aromatic rings. The summed E-state index contributed by atoms with van der Waals surface area (Å²) in [4.78, 5) is 0. The average Bonchev–Trinajstić information content (AvgIpc) is 2.40. The van der Waals surface area contributed by atoms with E-state index in [4.69, 9.17) is 5.26 Å². The lowest BCUT2D eigenvalue weighted by Gasteiger charge is -2.30. The maximum absolute atomic E-state index is 10.4. The summed E-state index contributed by atoms with van der Waals surface area (Å²) in [6.07, 6.45) is 4.23. The van der Waals surface area contributed by atoms with Crippen molar-refractivity contribution in [2.24, 2.45) is 5.92 Å². The molecule has 14 heavy (non-hydrogen) atoms. The molecule has 0 aliphatic carbocycles. The summed E-state index contributed by atoms with van der Waals surface area (Å²) in [6, 6.07) is 2.26. The second-order valence-corrected chi connectivity index (χ2v) is 4.18. The molecule has 0 aromatic heterocycles. The van der Waals surface area contributed by atoms with Crippen LogP contribution in [0.3, 0.4) is 0 Å². The van der Waals surface area contributed by atoms with E-state index < -0.39 is 5.60 Å². The van der Waals surface area contributed by atoms with Crippen molar-refractivity contribution in [3.8, 4) is 6.07 Å². The van der Waals surface area contributed by atoms with E-state index in [0.717, 1.165) is 38.8 Å². The Morgan fingerprint density at radius 1 is 1.50 bits per heavy atom. The molecule has 3 heteroatoms. The van der Waals surface area contributed by atoms with Crippen LogP contribution in [-0.2, 0) is 0 Å². The zero-order valence-electron chi connectivity index (χ0n) is 8.92. The van der Waals surface area contributed by atoms with Gasteiger partial charge in [0.05, 0.1) is 17.6 Å². The van der Waals surface area contributed by atoms with Gasteiger partial charge in [0, 0.05) is 0 Å². The number of aliphatic hydroxyl groups is 1. The summed E-state index contributed by atoms with van der Waals surface area (Å²) in [5, 5.41) is 22.7. The van der Waals surface area contributed by atoms with Gasteiger partial charge in [-0.25, -0.2) is 0 Å². The summed E-state index contributed by atoms with van der Waals surface area (Å²) >= 11 is 0. The molecule has 2 atom stereocenters. The van der Waals surface area contributed by atoms with E-state index >= 15 is 0 Å². The average molecular weight is 196 g/mol. The lowest BCUT2D eigenvalue weighted by molar-refractivity contribution is -0.0120. The van der Waals surface area contributed by atoms with Crippen LogP contribution >= 0.6 is 0 Å². The Balaban J connectivity index is 2.63. The van der Waals surface area contributed by atoms with E-state index in [1.54, 1.807) is 0 Å². The van der Waals surface area contributed by atoms with Gasteiger partial charge in [0.2, 0.25) is 0 Å². The fourth-order valence-corrected chi connectivity index (χ4v) is 2.16. The fourth-order valence-electron chi connectivity index (χ4n) is 2.16. The minimum absolute atomic E-state index is 0.188. The lowest BCUT2D eigenvalue weighted by Crippen LogP contribution is -2.38. The summed E-state index contributed by atoms with van der Waals surface area (Å²) in [5.41, 5.74) is -0.742. The van der Waals surface area contributed by atoms with Gasteiger partial charge in [-0.3, -0.25) is 0 Å². The Bertz CT molecular complexity index is 202. The summed E-state index contributed by atoms with van der Waals surface area (Å²) < 4.78 is 0. The summed E-state index contributed by atoms with van der Waals surface area (Å²) in [7, 11) is 0. The van der Waals surface area contributed by atoms with Crippen molar-refractivity contribution >= 4 is 0 Å². The zero-order chi connectivity index (χ0) is 10.4. The number of rotatable bonds is 3. The Morgan fingerprint density at radius 3 is 2.93 bits per heavy atom. The smallest absolute Gasteiger partial charge is 0.0817 e. The molecule has 0 bridgehead atoms. The third-order valence-corrected chi connectivity index (χ3v) is 3.08. The highest BCUT2D eigenvalue weighted by atomic mass is 16.3. The maximum atomic E-state index is 10.4. The van der Waals surface area contributed by atoms with E-state index in [0.29, 0.717) is 6.42 Å². The SMILES string of the molecule is CCCC(C#N)C1(O)CCCNCC1. The number of hydrogen-bond donors (Lipinski definition) is 2. The van der Waals surface area contributed by atoms with Gasteiger partial charge in [0.15, 0.2) is 0 Å². The summed E-state index contributed by atoms with van der Waals surface area (Å²) in [6.45, 7) is 3.85. The molecular weight excluding hydrogens is 176 g/mol. The molecule has 0 spiro atoms. The highest BCUT2D eigenvalue weighted by Crippen LogP contribution is 2.30. The van der Waals surface area contributed by atoms with Crippen molar-refractivity contribution in [1.29, 1.82) is 5.26 Å². The van der Waals surface area contributed by atoms with Crippen molar-refractivity contribution in [3.63, 3.8) is 0 Å². The Labute approximate surface area is 86.1 Å². The third-order valence-electron chi connectivity index (χ3n) is 3.08. The van der Waals surface area contributed by atoms with Gasteiger partial charge in [-0.2, -0.15) is 5.26 Å². The molecule has 1 aliphatic rings. The van der Waals surface area contributed by atoms with Crippen LogP contribution in [0.2, 0.25) is 0 Å². The standard InChI is InChI=1S/C11H20N2O/c1-2-4-10(9-12)11(14)5-3-7-13-8-6-11/h10,13-14H,2-8H2,1H3. The van der Waals surface area contributed by atoms with Gasteiger partial charge < -0.3 is 10.4 Å². The van der Waals surface area contributed by atoms with Crippen molar-refractivity contribution < 1.29 is 5.11 Å². The van der Waals surface area contributed by atoms with Gasteiger partial charge in [0.25, 0.3) is 0 Å². The molecule has 0 amide bonds. The van der Waals surface area contributed by atoms with Crippen molar-refractivity contribution in [3.05, 3.63) is 0 Å². The van der Waals surface area contributed by atoms with Crippen LogP contribution in [0.25, 0.3) is 0 Å². The first-order chi connectivity index (χ1) is 6.73. The quantitative estimate of drug-likeness (QED) is 0.718. The molecule has 1 rings (SSSR count). The second kappa shape index (κ2) is 5.33. The monoisotopic (exact) mass is 196 g/mol. The van der Waals surface area contributed by atoms with Gasteiger partial charge >= 0.3 is 0 Å². The minimum atomic E-state index is -0.742. The van der Waals surface area contributed by atoms with Crippen molar-refractivity contribution in [1.82, 2.24) is 5.32 Å². The third kappa shape index (κ3) is 2.70. The Kier molecular flexibility index (Phi) is 4.37. The van der Waals surface area contributed by atoms with Crippen LogP contribution in [-0.4, -0.2) is 23.8 Å². The normalized spacial score (nSPS) is 30.4. The fraction of sp³-hybridized carbons (Fsp3) is 0.909. The topological polar surface area (TPSA) is 56.0 Å². The predicted molar refractivity (Wildman–Crippen MR) is 55.7 cm³/mol. The lowest BCUT2D eigenvalue weighted by atomic mass is 9.80. The molecule has 0 saturated carbocycles. The molecule has 0 aromatic carbocycles. The Morgan fingerprint density at radius 2 is 2.29 bits per heavy atom. The first-order valence-electron chi connectivity index (χ1n) is 5.55. The van der Waals surface area contributed by atoms with E-state index in [9.17, 15) is 5.11 Å². The van der Waals surface area contributed by atoms with Crippen LogP contribution in [0, 0.1) is 17.2 Å². The molecule has 1 saturated heterocycles. The molecule has 2 unspecified atom stereocenters. The van der Waals surface area contributed by atoms with E-state index in [2.05, 4.69) is 18.3 Å². The molecule has 1 aliphatic heterocycles. The first kappa shape index (κ1) is 11.5. The minimum Gasteiger partial charge on any atom is -0.388 e. The first-order valence-corrected chi connectivity index (χ1v) is 5.55. The van der Waals surface area contributed by atoms with Crippen molar-refractivity contribution in [2.45, 2.75) is 44.6 Å². The van der Waals surface area contributed by atoms with E-state index in [-0.39, 0.29) is 5.92 Å². The largest absolute Gasteiger partial charge is 0.388 e. The van der Waals surface area contributed by atoms with Crippen LogP contribution in [0.1, 0.15) is 39.0 Å². The number of hydrogen-bond acceptors (Lipinski definition) is 3. The van der Waals surface area contributed by atoms with Gasteiger partial charge in [0.1, 0.15) is 0 Å². The predicted octanol–water partition coefficient (Wildman–Crippen LogP) is 1.43. The maximum Gasteiger partial charge on any atom is 0.0817 e. The van der Waals surface area contributed by atoms with Gasteiger partial charge in [-0.1, -0.05) is 13.3 Å². The van der Waals surface area contributed by atoms with Crippen LogP contribution < -0.4 is 5.32 Å². The number of nitrogens with zero attached hydrogens (tertiary/aromatic N) is 1. The summed E-state index contributed by atoms with van der Waals surface area (Å²) in [5.74, 6) is -0.188. The molecule has 1 heterocycles. The molecule has 1 fully saturated rings. The number of nitrogens with one attached hydrogen (secondary N) is 1. The molecule has 3 nitrogen and oxygen atoms in total. The highest BCUT2D eigenvalue weighted by Gasteiger charge is 2.36. The van der Waals surface area contributed by atoms with Gasteiger partial charge in [-0.05, 0) is 38.8 Å². The van der Waals surface area contributed by atoms with Crippen LogP contribution in [0.4, 0.5) is 0 Å². The zero-order valence-corrected chi connectivity index (χ0v) is 8.92. The van der Waals surface area contributed by atoms with Crippen LogP contribution in [0.15, 0.2) is 0 Å². The Hall–Kier alpha value is -0.590. The van der Waals surface area contributed by atoms with Crippen LogP contribution in [0.5, 0.6) is 0 Å². The highest BCUT2D eigenvalue weighted by molar-refractivity contribution is 4.99. The van der Waals surface area contributed by atoms with Crippen molar-refractivity contribution in [2.75, 3.05) is 13.1 Å². The second-order valence-electron chi connectivity index (χ2n) is 4.18. The van der Waals surface area contributed by atoms with Gasteiger partial charge in [-0.15, -0.1) is 0 Å².